The topological polar surface area (TPSA) is 41.5 Å². The monoisotopic (exact) mass is 122 g/mol. The first-order valence-electron chi connectivity index (χ1n) is 1.25. The van der Waals surface area contributed by atoms with Crippen LogP contribution in [0.2, 0.25) is 0 Å². The molecular formula is CH2N2OS2. The Morgan fingerprint density at radius 1 is 2.00 bits per heavy atom. The van der Waals surface area contributed by atoms with E-state index in [0.29, 0.717) is 0 Å². The molecule has 1 heterocycles. The molecule has 0 aromatic heterocycles. The largest absolute Gasteiger partial charge is 0.236 e. The Labute approximate surface area is 42.1 Å². The first-order valence-corrected chi connectivity index (χ1v) is 3.24. The second-order valence-corrected chi connectivity index (χ2v) is 2.55. The molecule has 6 heavy (non-hydrogen) atoms. The second kappa shape index (κ2) is 1.72. The summed E-state index contributed by atoms with van der Waals surface area (Å²) in [5.74, 6) is 0. The van der Waals surface area contributed by atoms with E-state index in [9.17, 15) is 4.21 Å². The highest BCUT2D eigenvalue weighted by atomic mass is 32.2. The van der Waals surface area contributed by atoms with E-state index >= 15 is 0 Å². The average Bonchev–Trinajstić information content (AvgIpc) is 1.86. The van der Waals surface area contributed by atoms with Crippen molar-refractivity contribution in [1.82, 2.24) is 4.13 Å². The van der Waals surface area contributed by atoms with Crippen LogP contribution in [0, 0.1) is 0 Å². The van der Waals surface area contributed by atoms with Gasteiger partial charge in [-0.15, -0.1) is 0 Å². The molecule has 1 aliphatic heterocycles. The van der Waals surface area contributed by atoms with Crippen molar-refractivity contribution < 1.29 is 4.21 Å². The molecule has 3 nitrogen and oxygen atoms in total. The molecule has 0 spiro atoms. The first kappa shape index (κ1) is 4.29. The van der Waals surface area contributed by atoms with Gasteiger partial charge in [0, 0.05) is 0 Å². The summed E-state index contributed by atoms with van der Waals surface area (Å²) >= 11 is 1.10. The van der Waals surface area contributed by atoms with Crippen LogP contribution in [0.1, 0.15) is 0 Å². The molecule has 0 bridgehead atoms. The van der Waals surface area contributed by atoms with Crippen LogP contribution in [0.15, 0.2) is 4.40 Å². The van der Waals surface area contributed by atoms with E-state index in [4.69, 9.17) is 0 Å². The number of hydrogen-bond acceptors (Lipinski definition) is 3. The van der Waals surface area contributed by atoms with Crippen molar-refractivity contribution in [3.05, 3.63) is 0 Å². The van der Waals surface area contributed by atoms with Crippen LogP contribution in [-0.2, 0) is 11.0 Å². The minimum Gasteiger partial charge on any atom is -0.236 e. The van der Waals surface area contributed by atoms with Gasteiger partial charge in [-0.1, -0.05) is 0 Å². The van der Waals surface area contributed by atoms with E-state index in [-0.39, 0.29) is 0 Å². The molecule has 34 valence electrons. The number of hydrogen-bond donors (Lipinski definition) is 1. The van der Waals surface area contributed by atoms with Gasteiger partial charge in [0.2, 0.25) is 0 Å². The summed E-state index contributed by atoms with van der Waals surface area (Å²) in [5.41, 5.74) is 1.35. The molecule has 1 rings (SSSR count). The van der Waals surface area contributed by atoms with Crippen molar-refractivity contribution in [3.63, 3.8) is 0 Å². The lowest BCUT2D eigenvalue weighted by Crippen LogP contribution is -1.99. The molecule has 0 aromatic carbocycles. The predicted molar refractivity (Wildman–Crippen MR) is 27.4 cm³/mol. The van der Waals surface area contributed by atoms with Gasteiger partial charge in [-0.25, -0.2) is 4.21 Å². The molecule has 0 aromatic rings. The third-order valence-electron chi connectivity index (χ3n) is 0.311. The van der Waals surface area contributed by atoms with Crippen molar-refractivity contribution in [2.75, 3.05) is 0 Å². The molecule has 1 N–H and O–H groups in total. The lowest BCUT2D eigenvalue weighted by Gasteiger charge is -1.74. The summed E-state index contributed by atoms with van der Waals surface area (Å²) in [5, 5.41) is 0. The highest BCUT2D eigenvalue weighted by Crippen LogP contribution is 2.00. The highest BCUT2D eigenvalue weighted by Gasteiger charge is 1.97. The Balaban J connectivity index is 2.59. The molecule has 5 heteroatoms. The SMILES string of the molecule is O=S1C=NSN1. The van der Waals surface area contributed by atoms with E-state index in [0.717, 1.165) is 12.1 Å². The molecule has 1 atom stereocenters. The van der Waals surface area contributed by atoms with Crippen molar-refractivity contribution in [1.29, 1.82) is 0 Å². The van der Waals surface area contributed by atoms with Gasteiger partial charge in [-0.2, -0.15) is 8.53 Å². The van der Waals surface area contributed by atoms with Crippen molar-refractivity contribution in [2.24, 2.45) is 4.40 Å². The lowest BCUT2D eigenvalue weighted by atomic mass is 11.7. The first-order chi connectivity index (χ1) is 2.89. The summed E-state index contributed by atoms with van der Waals surface area (Å²) in [4.78, 5) is 0. The van der Waals surface area contributed by atoms with Crippen LogP contribution in [0.25, 0.3) is 0 Å². The Kier molecular flexibility index (Phi) is 1.23. The van der Waals surface area contributed by atoms with Gasteiger partial charge in [0.25, 0.3) is 0 Å². The lowest BCUT2D eigenvalue weighted by molar-refractivity contribution is 0.690. The van der Waals surface area contributed by atoms with Gasteiger partial charge >= 0.3 is 0 Å². The van der Waals surface area contributed by atoms with Gasteiger partial charge < -0.3 is 0 Å². The smallest absolute Gasteiger partial charge is 0.148 e. The van der Waals surface area contributed by atoms with Gasteiger partial charge in [0.05, 0.1) is 12.1 Å². The van der Waals surface area contributed by atoms with E-state index in [1.165, 1.54) is 5.55 Å². The summed E-state index contributed by atoms with van der Waals surface area (Å²) in [7, 11) is -1.00. The Morgan fingerprint density at radius 2 is 2.83 bits per heavy atom. The molecule has 0 radical (unpaired) electrons. The Hall–Kier alpha value is 0.130. The van der Waals surface area contributed by atoms with Gasteiger partial charge in [0.15, 0.2) is 0 Å². The predicted octanol–water partition coefficient (Wildman–Crippen LogP) is -0.155. The van der Waals surface area contributed by atoms with Crippen LogP contribution < -0.4 is 4.13 Å². The Bertz CT molecular complexity index is 99.7. The zero-order chi connectivity index (χ0) is 4.41. The van der Waals surface area contributed by atoms with Crippen molar-refractivity contribution in [3.8, 4) is 0 Å². The number of nitrogens with zero attached hydrogens (tertiary/aromatic N) is 1. The summed E-state index contributed by atoms with van der Waals surface area (Å²) < 4.78 is 16.1. The standard InChI is InChI=1S/CH2N2OS2/c4-6-1-2-5-3-6/h1,3H. The minimum atomic E-state index is -1.00. The molecular weight excluding hydrogens is 120 g/mol. The van der Waals surface area contributed by atoms with Crippen molar-refractivity contribution in [2.45, 2.75) is 0 Å². The fourth-order valence-electron chi connectivity index (χ4n) is 0.140. The van der Waals surface area contributed by atoms with Crippen LogP contribution >= 0.6 is 12.1 Å². The van der Waals surface area contributed by atoms with Crippen LogP contribution in [0.3, 0.4) is 0 Å². The molecule has 1 unspecified atom stereocenters. The quantitative estimate of drug-likeness (QED) is 0.454. The molecule has 1 aliphatic rings. The zero-order valence-electron chi connectivity index (χ0n) is 2.75. The summed E-state index contributed by atoms with van der Waals surface area (Å²) in [6.45, 7) is 0. The van der Waals surface area contributed by atoms with E-state index in [1.807, 2.05) is 0 Å². The molecule has 0 saturated heterocycles. The summed E-state index contributed by atoms with van der Waals surface area (Å²) in [6.07, 6.45) is 0. The maximum absolute atomic E-state index is 10.1. The van der Waals surface area contributed by atoms with Gasteiger partial charge in [-0.05, 0) is 0 Å². The molecule has 0 saturated carbocycles. The fourth-order valence-corrected chi connectivity index (χ4v) is 1.26. The third-order valence-corrected chi connectivity index (χ3v) is 1.91. The maximum Gasteiger partial charge on any atom is 0.148 e. The normalized spacial score (nSPS) is 31.7. The summed E-state index contributed by atoms with van der Waals surface area (Å²) in [6, 6.07) is 0. The zero-order valence-corrected chi connectivity index (χ0v) is 4.38. The average molecular weight is 122 g/mol. The Morgan fingerprint density at radius 3 is 3.00 bits per heavy atom. The minimum absolute atomic E-state index is 1.00. The second-order valence-electron chi connectivity index (χ2n) is 0.683. The van der Waals surface area contributed by atoms with Gasteiger partial charge in [0.1, 0.15) is 16.5 Å². The molecule has 0 fully saturated rings. The highest BCUT2D eigenvalue weighted by molar-refractivity contribution is 8.14. The maximum atomic E-state index is 10.1. The van der Waals surface area contributed by atoms with Crippen molar-refractivity contribution >= 4 is 28.7 Å². The molecule has 0 aliphatic carbocycles. The van der Waals surface area contributed by atoms with Crippen LogP contribution in [-0.4, -0.2) is 9.76 Å². The van der Waals surface area contributed by atoms with E-state index < -0.39 is 11.0 Å². The molecule has 0 amide bonds. The fraction of sp³-hybridized carbons (Fsp3) is 0. The number of nitrogens with one attached hydrogen (secondary N) is 1. The number of rotatable bonds is 0. The van der Waals surface area contributed by atoms with Gasteiger partial charge in [-0.3, -0.25) is 0 Å². The van der Waals surface area contributed by atoms with E-state index in [2.05, 4.69) is 8.53 Å². The van der Waals surface area contributed by atoms with Crippen LogP contribution in [0.4, 0.5) is 0 Å². The third kappa shape index (κ3) is 0.796. The van der Waals surface area contributed by atoms with Crippen LogP contribution in [0.5, 0.6) is 0 Å². The van der Waals surface area contributed by atoms with E-state index in [1.54, 1.807) is 0 Å².